The van der Waals surface area contributed by atoms with E-state index in [-0.39, 0.29) is 11.5 Å². The lowest BCUT2D eigenvalue weighted by Gasteiger charge is -2.33. The van der Waals surface area contributed by atoms with Crippen molar-refractivity contribution < 1.29 is 9.90 Å². The van der Waals surface area contributed by atoms with Crippen LogP contribution in [0.25, 0.3) is 10.9 Å². The van der Waals surface area contributed by atoms with Gasteiger partial charge in [0.05, 0.1) is 16.8 Å². The van der Waals surface area contributed by atoms with Gasteiger partial charge in [0, 0.05) is 48.3 Å². The van der Waals surface area contributed by atoms with E-state index < -0.39 is 0 Å². The van der Waals surface area contributed by atoms with Crippen LogP contribution < -0.4 is 10.2 Å². The maximum Gasteiger partial charge on any atom is 0.163 e. The molecule has 3 aromatic rings. The van der Waals surface area contributed by atoms with Gasteiger partial charge in [-0.1, -0.05) is 15.9 Å². The molecule has 0 aliphatic carbocycles. The van der Waals surface area contributed by atoms with E-state index in [1.165, 1.54) is 29.6 Å². The molecule has 1 aliphatic rings. The molecule has 0 amide bonds. The molecule has 1 unspecified atom stereocenters. The summed E-state index contributed by atoms with van der Waals surface area (Å²) < 4.78 is 2.74. The van der Waals surface area contributed by atoms with E-state index in [9.17, 15) is 9.90 Å². The van der Waals surface area contributed by atoms with E-state index in [1.54, 1.807) is 12.1 Å². The Bertz CT molecular complexity index is 1030. The summed E-state index contributed by atoms with van der Waals surface area (Å²) in [5, 5.41) is 18.4. The van der Waals surface area contributed by atoms with E-state index in [2.05, 4.69) is 63.3 Å². The van der Waals surface area contributed by atoms with Gasteiger partial charge in [-0.2, -0.15) is 5.10 Å². The number of carbonyl (C=O) groups excluding carboxylic acids is 1. The normalized spacial score (nSPS) is 16.4. The minimum Gasteiger partial charge on any atom is -0.507 e. The average molecular weight is 459 g/mol. The largest absolute Gasteiger partial charge is 0.507 e. The molecular formula is C22H27BrN4O2. The number of aromatic nitrogens is 2. The molecule has 2 aromatic carbocycles. The summed E-state index contributed by atoms with van der Waals surface area (Å²) in [4.78, 5) is 13.2. The summed E-state index contributed by atoms with van der Waals surface area (Å²) >= 11 is 3.17. The molecule has 29 heavy (non-hydrogen) atoms. The minimum absolute atomic E-state index is 0.0203. The summed E-state index contributed by atoms with van der Waals surface area (Å²) in [7, 11) is 2.01. The van der Waals surface area contributed by atoms with Crippen LogP contribution >= 0.6 is 15.9 Å². The van der Waals surface area contributed by atoms with Crippen molar-refractivity contribution in [1.82, 2.24) is 15.1 Å². The second kappa shape index (κ2) is 8.97. The van der Waals surface area contributed by atoms with Crippen molar-refractivity contribution in [2.45, 2.75) is 26.8 Å². The molecular weight excluding hydrogens is 432 g/mol. The Balaban J connectivity index is 0.000000188. The maximum atomic E-state index is 10.8. The zero-order valence-corrected chi connectivity index (χ0v) is 18.8. The Kier molecular flexibility index (Phi) is 6.59. The Morgan fingerprint density at radius 1 is 1.28 bits per heavy atom. The van der Waals surface area contributed by atoms with E-state index >= 15 is 0 Å². The highest BCUT2D eigenvalue weighted by atomic mass is 79.9. The van der Waals surface area contributed by atoms with Crippen LogP contribution in [0.1, 0.15) is 29.9 Å². The van der Waals surface area contributed by atoms with Gasteiger partial charge in [-0.25, -0.2) is 0 Å². The van der Waals surface area contributed by atoms with Crippen LogP contribution in [0.15, 0.2) is 40.9 Å². The van der Waals surface area contributed by atoms with Crippen LogP contribution in [0.4, 0.5) is 5.69 Å². The number of Topliss-reactive ketones (excluding diaryl/α,β-unsaturated/α-hetero) is 1. The van der Waals surface area contributed by atoms with E-state index in [4.69, 9.17) is 0 Å². The van der Waals surface area contributed by atoms with Crippen LogP contribution in [-0.2, 0) is 7.05 Å². The third-order valence-corrected chi connectivity index (χ3v) is 5.59. The zero-order chi connectivity index (χ0) is 21.1. The molecule has 0 bridgehead atoms. The second-order valence-electron chi connectivity index (χ2n) is 7.43. The predicted molar refractivity (Wildman–Crippen MR) is 121 cm³/mol. The van der Waals surface area contributed by atoms with Gasteiger partial charge in [0.1, 0.15) is 5.75 Å². The van der Waals surface area contributed by atoms with E-state index in [0.29, 0.717) is 11.6 Å². The summed E-state index contributed by atoms with van der Waals surface area (Å²) in [5.41, 5.74) is 3.98. The van der Waals surface area contributed by atoms with Crippen molar-refractivity contribution >= 4 is 38.3 Å². The fraction of sp³-hybridized carbons (Fsp3) is 0.364. The van der Waals surface area contributed by atoms with Crippen LogP contribution in [0.5, 0.6) is 5.75 Å². The van der Waals surface area contributed by atoms with Crippen LogP contribution in [-0.4, -0.2) is 46.3 Å². The average Bonchev–Trinajstić information content (AvgIpc) is 2.95. The fourth-order valence-corrected chi connectivity index (χ4v) is 3.94. The van der Waals surface area contributed by atoms with Gasteiger partial charge >= 0.3 is 0 Å². The number of phenols is 1. The van der Waals surface area contributed by atoms with Gasteiger partial charge < -0.3 is 15.3 Å². The number of anilines is 1. The Morgan fingerprint density at radius 2 is 2.03 bits per heavy atom. The Morgan fingerprint density at radius 3 is 2.69 bits per heavy atom. The first-order chi connectivity index (χ1) is 13.8. The second-order valence-corrected chi connectivity index (χ2v) is 8.34. The third kappa shape index (κ3) is 4.97. The molecule has 6 nitrogen and oxygen atoms in total. The number of rotatable bonds is 2. The molecule has 2 N–H and O–H groups in total. The topological polar surface area (TPSA) is 70.4 Å². The molecule has 0 radical (unpaired) electrons. The molecule has 1 saturated heterocycles. The van der Waals surface area contributed by atoms with Gasteiger partial charge in [-0.15, -0.1) is 0 Å². The standard InChI is InChI=1S/C14H20N4.C8H7BrO2/c1-10-9-18(7-6-15-10)12-4-5-13-11(2)16-17(3)14(13)8-12;1-5(10)7-3-2-6(9)4-8(7)11/h4-5,8,10,15H,6-7,9H2,1-3H3;2-4,11H,1H3. The zero-order valence-electron chi connectivity index (χ0n) is 17.2. The number of hydrogen-bond acceptors (Lipinski definition) is 5. The lowest BCUT2D eigenvalue weighted by molar-refractivity contribution is 0.101. The molecule has 1 atom stereocenters. The number of aromatic hydroxyl groups is 1. The number of aryl methyl sites for hydroxylation is 2. The molecule has 1 aliphatic heterocycles. The first-order valence-electron chi connectivity index (χ1n) is 9.67. The van der Waals surface area contributed by atoms with E-state index in [1.807, 2.05) is 11.7 Å². The number of nitrogens with one attached hydrogen (secondary N) is 1. The smallest absolute Gasteiger partial charge is 0.163 e. The van der Waals surface area contributed by atoms with Crippen molar-refractivity contribution in [2.75, 3.05) is 24.5 Å². The highest BCUT2D eigenvalue weighted by Gasteiger charge is 2.17. The van der Waals surface area contributed by atoms with Crippen molar-refractivity contribution in [1.29, 1.82) is 0 Å². The van der Waals surface area contributed by atoms with Gasteiger partial charge in [-0.3, -0.25) is 9.48 Å². The summed E-state index contributed by atoms with van der Waals surface area (Å²) in [5.74, 6) is -0.109. The van der Waals surface area contributed by atoms with Crippen molar-refractivity contribution in [2.24, 2.45) is 7.05 Å². The van der Waals surface area contributed by atoms with Crippen molar-refractivity contribution in [3.05, 3.63) is 52.1 Å². The van der Waals surface area contributed by atoms with Gasteiger partial charge in [-0.05, 0) is 57.2 Å². The van der Waals surface area contributed by atoms with Crippen LogP contribution in [0.3, 0.4) is 0 Å². The third-order valence-electron chi connectivity index (χ3n) is 5.09. The molecule has 0 saturated carbocycles. The monoisotopic (exact) mass is 458 g/mol. The highest BCUT2D eigenvalue weighted by molar-refractivity contribution is 9.10. The highest BCUT2D eigenvalue weighted by Crippen LogP contribution is 2.25. The lowest BCUT2D eigenvalue weighted by Crippen LogP contribution is -2.49. The number of halogens is 1. The minimum atomic E-state index is -0.130. The van der Waals surface area contributed by atoms with Crippen LogP contribution in [0, 0.1) is 6.92 Å². The van der Waals surface area contributed by atoms with Crippen molar-refractivity contribution in [3.63, 3.8) is 0 Å². The number of hydrogen-bond donors (Lipinski definition) is 2. The number of benzene rings is 2. The van der Waals surface area contributed by atoms with E-state index in [0.717, 1.165) is 29.8 Å². The number of piperazine rings is 1. The van der Waals surface area contributed by atoms with Crippen LogP contribution in [0.2, 0.25) is 0 Å². The van der Waals surface area contributed by atoms with Gasteiger partial charge in [0.2, 0.25) is 0 Å². The molecule has 4 rings (SSSR count). The number of phenolic OH excluding ortho intramolecular Hbond substituents is 1. The summed E-state index contributed by atoms with van der Waals surface area (Å²) in [6, 6.07) is 12.0. The fourth-order valence-electron chi connectivity index (χ4n) is 3.59. The summed E-state index contributed by atoms with van der Waals surface area (Å²) in [6.07, 6.45) is 0. The SMILES string of the molecule is CC(=O)c1ccc(Br)cc1O.Cc1nn(C)c2cc(N3CCNC(C)C3)ccc12. The molecule has 7 heteroatoms. The molecule has 154 valence electrons. The lowest BCUT2D eigenvalue weighted by atomic mass is 10.1. The predicted octanol–water partition coefficient (Wildman–Crippen LogP) is 4.04. The first-order valence-corrected chi connectivity index (χ1v) is 10.5. The number of ketones is 1. The first kappa shape index (κ1) is 21.3. The van der Waals surface area contributed by atoms with Crippen molar-refractivity contribution in [3.8, 4) is 5.75 Å². The number of fused-ring (bicyclic) bond motifs is 1. The molecule has 1 aromatic heterocycles. The Hall–Kier alpha value is -2.38. The molecule has 0 spiro atoms. The van der Waals surface area contributed by atoms with Gasteiger partial charge in [0.25, 0.3) is 0 Å². The van der Waals surface area contributed by atoms with Gasteiger partial charge in [0.15, 0.2) is 5.78 Å². The quantitative estimate of drug-likeness (QED) is 0.567. The molecule has 1 fully saturated rings. The summed E-state index contributed by atoms with van der Waals surface area (Å²) in [6.45, 7) is 8.93. The molecule has 2 heterocycles. The Labute approximate surface area is 179 Å². The number of nitrogens with zero attached hydrogens (tertiary/aromatic N) is 3. The number of carbonyl (C=O) groups is 1. The maximum absolute atomic E-state index is 10.8.